The molecule has 142 valence electrons. The molecule has 1 saturated heterocycles. The Bertz CT molecular complexity index is 986. The van der Waals surface area contributed by atoms with Crippen molar-refractivity contribution in [3.63, 3.8) is 0 Å². The van der Waals surface area contributed by atoms with Crippen LogP contribution in [-0.2, 0) is 4.79 Å². The van der Waals surface area contributed by atoms with Gasteiger partial charge in [0, 0.05) is 30.7 Å². The number of rotatable bonds is 3. The van der Waals surface area contributed by atoms with Gasteiger partial charge >= 0.3 is 6.18 Å². The number of anilines is 1. The lowest BCUT2D eigenvalue weighted by Gasteiger charge is -2.34. The maximum absolute atomic E-state index is 12.4. The van der Waals surface area contributed by atoms with Gasteiger partial charge in [-0.3, -0.25) is 4.79 Å². The summed E-state index contributed by atoms with van der Waals surface area (Å²) in [6.07, 6.45) is 0.323. The summed E-state index contributed by atoms with van der Waals surface area (Å²) in [5.41, 5.74) is 1.40. The number of fused-ring (bicyclic) bond motifs is 3. The van der Waals surface area contributed by atoms with Gasteiger partial charge in [0.25, 0.3) is 0 Å². The summed E-state index contributed by atoms with van der Waals surface area (Å²) < 4.78 is 37.2. The Morgan fingerprint density at radius 2 is 2.19 bits per heavy atom. The van der Waals surface area contributed by atoms with Crippen LogP contribution in [0.1, 0.15) is 19.3 Å². The van der Waals surface area contributed by atoms with Crippen molar-refractivity contribution in [2.24, 2.45) is 0 Å². The Morgan fingerprint density at radius 3 is 3.00 bits per heavy atom. The summed E-state index contributed by atoms with van der Waals surface area (Å²) >= 11 is 0. The monoisotopic (exact) mass is 378 g/mol. The highest BCUT2D eigenvalue weighted by Gasteiger charge is 2.33. The van der Waals surface area contributed by atoms with E-state index in [1.54, 1.807) is 18.7 Å². The molecule has 1 fully saturated rings. The Labute approximate surface area is 152 Å². The molecule has 2 N–H and O–H groups in total. The van der Waals surface area contributed by atoms with Crippen molar-refractivity contribution in [1.82, 2.24) is 25.3 Å². The molecular formula is C17H17F3N6O. The molecule has 0 bridgehead atoms. The zero-order valence-electron chi connectivity index (χ0n) is 14.3. The number of carbonyl (C=O) groups excluding carboxylic acids is 1. The third-order valence-corrected chi connectivity index (χ3v) is 4.61. The minimum atomic E-state index is -4.51. The second kappa shape index (κ2) is 6.67. The van der Waals surface area contributed by atoms with Crippen LogP contribution in [0.4, 0.5) is 19.0 Å². The first-order chi connectivity index (χ1) is 12.9. The summed E-state index contributed by atoms with van der Waals surface area (Å²) in [6.45, 7) is 1.10. The fourth-order valence-electron chi connectivity index (χ4n) is 3.53. The number of hydrogen-bond acceptors (Lipinski definition) is 5. The first-order valence-electron chi connectivity index (χ1n) is 8.58. The standard InChI is InChI=1S/C17H17F3N6O/c18-17(19,20)6-13(27)25-10-2-1-5-26(8-10)16-14-11-3-4-21-15(11)22-7-12(14)23-9-24-16/h3-4,7,9-10H,1-2,5-6,8H2,(H,23,24)(H,25,27). The maximum atomic E-state index is 12.4. The first kappa shape index (κ1) is 17.5. The van der Waals surface area contributed by atoms with E-state index in [-0.39, 0.29) is 6.04 Å². The Balaban J connectivity index is 1.60. The van der Waals surface area contributed by atoms with Crippen LogP contribution in [0.25, 0.3) is 21.9 Å². The molecule has 27 heavy (non-hydrogen) atoms. The van der Waals surface area contributed by atoms with Gasteiger partial charge in [0.2, 0.25) is 5.91 Å². The molecule has 1 amide bonds. The number of amides is 1. The summed E-state index contributed by atoms with van der Waals surface area (Å²) in [5, 5.41) is 4.21. The predicted molar refractivity (Wildman–Crippen MR) is 93.2 cm³/mol. The van der Waals surface area contributed by atoms with E-state index in [9.17, 15) is 18.0 Å². The van der Waals surface area contributed by atoms with Crippen LogP contribution in [0.15, 0.2) is 24.8 Å². The van der Waals surface area contributed by atoms with Crippen molar-refractivity contribution in [2.45, 2.75) is 31.5 Å². The highest BCUT2D eigenvalue weighted by atomic mass is 19.4. The number of H-pyrrole nitrogens is 1. The van der Waals surface area contributed by atoms with Crippen molar-refractivity contribution in [1.29, 1.82) is 0 Å². The number of hydrogen-bond donors (Lipinski definition) is 2. The lowest BCUT2D eigenvalue weighted by Crippen LogP contribution is -2.48. The van der Waals surface area contributed by atoms with Crippen LogP contribution in [0.5, 0.6) is 0 Å². The van der Waals surface area contributed by atoms with Crippen LogP contribution in [0, 0.1) is 0 Å². The van der Waals surface area contributed by atoms with Crippen LogP contribution < -0.4 is 10.2 Å². The number of alkyl halides is 3. The predicted octanol–water partition coefficient (Wildman–Crippen LogP) is 2.54. The van der Waals surface area contributed by atoms with Gasteiger partial charge in [-0.2, -0.15) is 13.2 Å². The highest BCUT2D eigenvalue weighted by molar-refractivity contribution is 6.08. The van der Waals surface area contributed by atoms with Crippen LogP contribution >= 0.6 is 0 Å². The molecule has 0 radical (unpaired) electrons. The van der Waals surface area contributed by atoms with Crippen LogP contribution in [0.3, 0.4) is 0 Å². The van der Waals surface area contributed by atoms with E-state index in [0.29, 0.717) is 31.0 Å². The molecule has 3 aromatic rings. The summed E-state index contributed by atoms with van der Waals surface area (Å²) in [6, 6.07) is 1.50. The molecule has 1 aliphatic heterocycles. The van der Waals surface area contributed by atoms with E-state index in [4.69, 9.17) is 0 Å². The first-order valence-corrected chi connectivity index (χ1v) is 8.58. The zero-order chi connectivity index (χ0) is 19.0. The van der Waals surface area contributed by atoms with E-state index >= 15 is 0 Å². The van der Waals surface area contributed by atoms with E-state index < -0.39 is 18.5 Å². The normalized spacial score (nSPS) is 18.2. The summed E-state index contributed by atoms with van der Waals surface area (Å²) in [7, 11) is 0. The quantitative estimate of drug-likeness (QED) is 0.732. The molecule has 1 aliphatic rings. The number of piperidine rings is 1. The maximum Gasteiger partial charge on any atom is 0.397 e. The molecule has 4 heterocycles. The largest absolute Gasteiger partial charge is 0.397 e. The number of nitrogens with one attached hydrogen (secondary N) is 2. The fourth-order valence-corrected chi connectivity index (χ4v) is 3.53. The van der Waals surface area contributed by atoms with Gasteiger partial charge < -0.3 is 15.2 Å². The fraction of sp³-hybridized carbons (Fsp3) is 0.412. The molecule has 7 nitrogen and oxygen atoms in total. The van der Waals surface area contributed by atoms with Crippen molar-refractivity contribution in [3.8, 4) is 0 Å². The van der Waals surface area contributed by atoms with E-state index in [2.05, 4.69) is 25.3 Å². The molecule has 0 saturated carbocycles. The molecule has 1 atom stereocenters. The van der Waals surface area contributed by atoms with Crippen molar-refractivity contribution in [2.75, 3.05) is 18.0 Å². The van der Waals surface area contributed by atoms with Crippen LogP contribution in [-0.4, -0.2) is 51.2 Å². The third-order valence-electron chi connectivity index (χ3n) is 4.61. The van der Waals surface area contributed by atoms with Gasteiger partial charge in [-0.05, 0) is 18.9 Å². The molecule has 4 rings (SSSR count). The van der Waals surface area contributed by atoms with Gasteiger partial charge in [-0.15, -0.1) is 0 Å². The van der Waals surface area contributed by atoms with Gasteiger partial charge in [-0.1, -0.05) is 0 Å². The minimum absolute atomic E-state index is 0.357. The second-order valence-electron chi connectivity index (χ2n) is 6.60. The molecule has 3 aromatic heterocycles. The Morgan fingerprint density at radius 1 is 1.33 bits per heavy atom. The van der Waals surface area contributed by atoms with Gasteiger partial charge in [0.15, 0.2) is 5.65 Å². The van der Waals surface area contributed by atoms with Crippen molar-refractivity contribution in [3.05, 3.63) is 24.8 Å². The van der Waals surface area contributed by atoms with Crippen LogP contribution in [0.2, 0.25) is 0 Å². The number of halogens is 3. The lowest BCUT2D eigenvalue weighted by molar-refractivity contribution is -0.154. The van der Waals surface area contributed by atoms with E-state index in [0.717, 1.165) is 22.7 Å². The number of carbonyl (C=O) groups is 1. The van der Waals surface area contributed by atoms with Gasteiger partial charge in [-0.25, -0.2) is 15.0 Å². The Kier molecular flexibility index (Phi) is 4.33. The van der Waals surface area contributed by atoms with E-state index in [1.165, 1.54) is 0 Å². The third kappa shape index (κ3) is 3.64. The number of aromatic amines is 1. The minimum Gasteiger partial charge on any atom is -0.354 e. The molecule has 0 spiro atoms. The summed E-state index contributed by atoms with van der Waals surface area (Å²) in [5.74, 6) is -0.292. The highest BCUT2D eigenvalue weighted by Crippen LogP contribution is 2.30. The smallest absolute Gasteiger partial charge is 0.354 e. The number of nitrogens with zero attached hydrogens (tertiary/aromatic N) is 4. The molecule has 1 unspecified atom stereocenters. The van der Waals surface area contributed by atoms with E-state index in [1.807, 2.05) is 11.0 Å². The van der Waals surface area contributed by atoms with Gasteiger partial charge in [0.05, 0.1) is 23.4 Å². The average Bonchev–Trinajstić information content (AvgIpc) is 3.08. The van der Waals surface area contributed by atoms with Gasteiger partial charge in [0.1, 0.15) is 12.2 Å². The molecule has 0 aromatic carbocycles. The second-order valence-corrected chi connectivity index (χ2v) is 6.60. The molecule has 10 heteroatoms. The summed E-state index contributed by atoms with van der Waals surface area (Å²) in [4.78, 5) is 29.6. The average molecular weight is 378 g/mol. The SMILES string of the molecule is O=C(CC(F)(F)F)NC1CCCN(c2nc[nH]c3cnc4nccc4c23)C1. The lowest BCUT2D eigenvalue weighted by atomic mass is 10.0. The van der Waals surface area contributed by atoms with Crippen molar-refractivity contribution < 1.29 is 18.0 Å². The molecule has 0 aliphatic carbocycles. The number of pyridine rings is 1. The molecular weight excluding hydrogens is 361 g/mol. The van der Waals surface area contributed by atoms with Crippen molar-refractivity contribution >= 4 is 33.7 Å². The zero-order valence-corrected chi connectivity index (χ0v) is 14.3. The number of aromatic nitrogens is 4. The topological polar surface area (TPSA) is 86.8 Å². The Hall–Kier alpha value is -2.91.